The molecule has 0 saturated carbocycles. The lowest BCUT2D eigenvalue weighted by Crippen LogP contribution is -2.40. The average molecular weight is 734 g/mol. The minimum Gasteiger partial charge on any atom is -0.493 e. The Morgan fingerprint density at radius 1 is 1.06 bits per heavy atom. The summed E-state index contributed by atoms with van der Waals surface area (Å²) in [6.07, 6.45) is 1.69. The summed E-state index contributed by atoms with van der Waals surface area (Å²) in [7, 11) is 1.51. The first-order chi connectivity index (χ1) is 22.8. The predicted octanol–water partition coefficient (Wildman–Crippen LogP) is 7.08. The second-order valence-electron chi connectivity index (χ2n) is 10.4. The molecule has 7 nitrogen and oxygen atoms in total. The van der Waals surface area contributed by atoms with Gasteiger partial charge in [0.05, 0.1) is 40.6 Å². The standard InChI is InChI=1S/C36H27BrClFN2O5S/c1-3-45-35(43)30-31(23-7-5-4-6-8-23)40-36-41(32(30)24-11-15-26(39)16-12-24)34(42)29(47-36)19-22-17-27(38)33(28(18-22)44-2)46-20-21-9-13-25(37)14-10-21/h4-19,32H,3,20H2,1-2H3/b29-19-/t32-/m1/s1. The van der Waals surface area contributed by atoms with E-state index < -0.39 is 17.8 Å². The van der Waals surface area contributed by atoms with Crippen LogP contribution in [-0.4, -0.2) is 24.3 Å². The van der Waals surface area contributed by atoms with Gasteiger partial charge in [0.1, 0.15) is 12.4 Å². The molecular weight excluding hydrogens is 707 g/mol. The summed E-state index contributed by atoms with van der Waals surface area (Å²) >= 11 is 11.3. The second-order valence-corrected chi connectivity index (χ2v) is 12.8. The maximum absolute atomic E-state index is 14.2. The molecule has 0 N–H and O–H groups in total. The molecule has 4 aromatic carbocycles. The molecule has 47 heavy (non-hydrogen) atoms. The Labute approximate surface area is 287 Å². The van der Waals surface area contributed by atoms with Gasteiger partial charge < -0.3 is 14.2 Å². The van der Waals surface area contributed by atoms with Gasteiger partial charge in [0.15, 0.2) is 16.3 Å². The van der Waals surface area contributed by atoms with Crippen LogP contribution in [-0.2, 0) is 16.1 Å². The number of rotatable bonds is 9. The molecule has 1 aliphatic rings. The van der Waals surface area contributed by atoms with Gasteiger partial charge in [-0.05, 0) is 66.1 Å². The number of ether oxygens (including phenoxy) is 3. The first-order valence-electron chi connectivity index (χ1n) is 14.6. The van der Waals surface area contributed by atoms with Gasteiger partial charge in [-0.15, -0.1) is 0 Å². The highest BCUT2D eigenvalue weighted by atomic mass is 79.9. The van der Waals surface area contributed by atoms with Crippen molar-refractivity contribution in [3.05, 3.63) is 154 Å². The molecule has 5 aromatic rings. The summed E-state index contributed by atoms with van der Waals surface area (Å²) in [6, 6.07) is 25.2. The fraction of sp³-hybridized carbons (Fsp3) is 0.139. The topological polar surface area (TPSA) is 79.1 Å². The van der Waals surface area contributed by atoms with Gasteiger partial charge in [0.2, 0.25) is 0 Å². The van der Waals surface area contributed by atoms with Crippen LogP contribution < -0.4 is 24.4 Å². The van der Waals surface area contributed by atoms with Gasteiger partial charge in [0.25, 0.3) is 5.56 Å². The molecule has 0 amide bonds. The molecule has 2 heterocycles. The summed E-state index contributed by atoms with van der Waals surface area (Å²) in [5, 5.41) is 0.306. The molecule has 0 spiro atoms. The van der Waals surface area contributed by atoms with Crippen LogP contribution in [0.15, 0.2) is 111 Å². The van der Waals surface area contributed by atoms with Gasteiger partial charge >= 0.3 is 5.97 Å². The third-order valence-electron chi connectivity index (χ3n) is 7.41. The minimum atomic E-state index is -0.921. The number of fused-ring (bicyclic) bond motifs is 1. The average Bonchev–Trinajstić information content (AvgIpc) is 3.38. The van der Waals surface area contributed by atoms with Crippen molar-refractivity contribution in [2.24, 2.45) is 4.99 Å². The van der Waals surface area contributed by atoms with E-state index in [1.807, 2.05) is 54.6 Å². The number of hydrogen-bond donors (Lipinski definition) is 0. The van der Waals surface area contributed by atoms with E-state index in [1.54, 1.807) is 37.3 Å². The third-order valence-corrected chi connectivity index (χ3v) is 9.20. The molecule has 0 aliphatic carbocycles. The van der Waals surface area contributed by atoms with Crippen molar-refractivity contribution in [2.45, 2.75) is 19.6 Å². The summed E-state index contributed by atoms with van der Waals surface area (Å²) in [6.45, 7) is 2.10. The highest BCUT2D eigenvalue weighted by Crippen LogP contribution is 2.38. The zero-order chi connectivity index (χ0) is 33.1. The van der Waals surface area contributed by atoms with Crippen molar-refractivity contribution in [3.8, 4) is 11.5 Å². The molecule has 0 unspecified atom stereocenters. The summed E-state index contributed by atoms with van der Waals surface area (Å²) < 4.78 is 33.9. The number of hydrogen-bond acceptors (Lipinski definition) is 7. The van der Waals surface area contributed by atoms with Gasteiger partial charge in [-0.2, -0.15) is 0 Å². The number of halogens is 3. The number of carbonyl (C=O) groups is 1. The Hall–Kier alpha value is -4.51. The van der Waals surface area contributed by atoms with Crippen LogP contribution in [0.2, 0.25) is 5.02 Å². The number of esters is 1. The first kappa shape index (κ1) is 32.4. The number of thiazole rings is 1. The van der Waals surface area contributed by atoms with Crippen molar-refractivity contribution >= 4 is 56.6 Å². The molecule has 0 radical (unpaired) electrons. The fourth-order valence-corrected chi connectivity index (χ4v) is 6.79. The molecule has 0 saturated heterocycles. The van der Waals surface area contributed by atoms with E-state index in [9.17, 15) is 14.0 Å². The third kappa shape index (κ3) is 6.81. The largest absolute Gasteiger partial charge is 0.493 e. The summed E-state index contributed by atoms with van der Waals surface area (Å²) in [5.74, 6) is -0.289. The highest BCUT2D eigenvalue weighted by molar-refractivity contribution is 9.10. The highest BCUT2D eigenvalue weighted by Gasteiger charge is 2.35. The molecular formula is C36H27BrClFN2O5S. The van der Waals surface area contributed by atoms with Crippen LogP contribution in [0, 0.1) is 5.82 Å². The van der Waals surface area contributed by atoms with Crippen LogP contribution in [0.4, 0.5) is 4.39 Å². The van der Waals surface area contributed by atoms with E-state index in [2.05, 4.69) is 15.9 Å². The number of methoxy groups -OCH3 is 1. The van der Waals surface area contributed by atoms with E-state index in [1.165, 1.54) is 23.8 Å². The Bertz CT molecular complexity index is 2160. The van der Waals surface area contributed by atoms with Gasteiger partial charge in [0, 0.05) is 10.0 Å². The van der Waals surface area contributed by atoms with Gasteiger partial charge in [-0.25, -0.2) is 14.2 Å². The number of nitrogens with zero attached hydrogens (tertiary/aromatic N) is 2. The van der Waals surface area contributed by atoms with E-state index >= 15 is 0 Å². The van der Waals surface area contributed by atoms with Crippen LogP contribution in [0.5, 0.6) is 11.5 Å². The quantitative estimate of drug-likeness (QED) is 0.152. The van der Waals surface area contributed by atoms with Crippen LogP contribution in [0.1, 0.15) is 35.2 Å². The Morgan fingerprint density at radius 3 is 2.47 bits per heavy atom. The Balaban J connectivity index is 1.48. The summed E-state index contributed by atoms with van der Waals surface area (Å²) in [5.41, 5.74) is 2.92. The lowest BCUT2D eigenvalue weighted by Gasteiger charge is -2.25. The minimum absolute atomic E-state index is 0.121. The van der Waals surface area contributed by atoms with Crippen molar-refractivity contribution in [3.63, 3.8) is 0 Å². The van der Waals surface area contributed by atoms with E-state index in [-0.39, 0.29) is 24.3 Å². The Kier molecular flexibility index (Phi) is 9.72. The van der Waals surface area contributed by atoms with Crippen molar-refractivity contribution < 1.29 is 23.4 Å². The summed E-state index contributed by atoms with van der Waals surface area (Å²) in [4.78, 5) is 32.9. The number of aromatic nitrogens is 1. The van der Waals surface area contributed by atoms with E-state index in [0.29, 0.717) is 48.2 Å². The molecule has 1 aliphatic heterocycles. The lowest BCUT2D eigenvalue weighted by atomic mass is 9.93. The molecule has 1 atom stereocenters. The van der Waals surface area contributed by atoms with Crippen molar-refractivity contribution in [1.82, 2.24) is 4.57 Å². The smallest absolute Gasteiger partial charge is 0.338 e. The SMILES string of the molecule is CCOC(=O)C1=C(c2ccccc2)N=c2s/c(=C\c3cc(Cl)c(OCc4ccc(Br)cc4)c(OC)c3)c(=O)n2[C@@H]1c1ccc(F)cc1. The monoisotopic (exact) mass is 732 g/mol. The molecule has 0 bridgehead atoms. The lowest BCUT2D eigenvalue weighted by molar-refractivity contribution is -0.138. The zero-order valence-corrected chi connectivity index (χ0v) is 28.4. The molecule has 11 heteroatoms. The molecule has 1 aromatic heterocycles. The van der Waals surface area contributed by atoms with E-state index in [0.717, 1.165) is 21.4 Å². The number of carbonyl (C=O) groups excluding carboxylic acids is 1. The second kappa shape index (κ2) is 14.1. The molecule has 238 valence electrons. The van der Waals surface area contributed by atoms with Crippen LogP contribution in [0.25, 0.3) is 11.8 Å². The zero-order valence-electron chi connectivity index (χ0n) is 25.2. The van der Waals surface area contributed by atoms with Gasteiger partial charge in [-0.1, -0.05) is 93.5 Å². The predicted molar refractivity (Wildman–Crippen MR) is 184 cm³/mol. The van der Waals surface area contributed by atoms with Crippen LogP contribution >= 0.6 is 38.9 Å². The van der Waals surface area contributed by atoms with Crippen molar-refractivity contribution in [1.29, 1.82) is 0 Å². The first-order valence-corrected chi connectivity index (χ1v) is 16.5. The van der Waals surface area contributed by atoms with Gasteiger partial charge in [-0.3, -0.25) is 9.36 Å². The maximum Gasteiger partial charge on any atom is 0.338 e. The van der Waals surface area contributed by atoms with Crippen molar-refractivity contribution in [2.75, 3.05) is 13.7 Å². The molecule has 0 fully saturated rings. The number of benzene rings is 4. The normalized spacial score (nSPS) is 14.4. The Morgan fingerprint density at radius 2 is 1.79 bits per heavy atom. The molecule has 6 rings (SSSR count). The van der Waals surface area contributed by atoms with Crippen LogP contribution in [0.3, 0.4) is 0 Å². The maximum atomic E-state index is 14.2. The van der Waals surface area contributed by atoms with E-state index in [4.69, 9.17) is 30.8 Å². The fourth-order valence-electron chi connectivity index (χ4n) is 5.25.